The van der Waals surface area contributed by atoms with E-state index in [1.54, 1.807) is 31.0 Å². The van der Waals surface area contributed by atoms with Crippen LogP contribution in [-0.4, -0.2) is 30.6 Å². The normalized spacial score (nSPS) is 10.4. The van der Waals surface area contributed by atoms with E-state index in [4.69, 9.17) is 0 Å². The molecular formula is C8H9N5O. The van der Waals surface area contributed by atoms with Gasteiger partial charge in [0.25, 0.3) is 0 Å². The third-order valence-electron chi connectivity index (χ3n) is 1.89. The van der Waals surface area contributed by atoms with Crippen molar-refractivity contribution in [3.8, 4) is 0 Å². The summed E-state index contributed by atoms with van der Waals surface area (Å²) in [5.41, 5.74) is 0.835. The van der Waals surface area contributed by atoms with Gasteiger partial charge in [-0.3, -0.25) is 9.48 Å². The molecule has 0 N–H and O–H groups in total. The van der Waals surface area contributed by atoms with Crippen molar-refractivity contribution in [1.29, 1.82) is 0 Å². The standard InChI is InChI=1S/C8H9N5O/c1-12-4-3-6(10-12)8(14)7-5-9-11-13(7)2/h3-5H,1-2H3. The second-order valence-electron chi connectivity index (χ2n) is 2.95. The highest BCUT2D eigenvalue weighted by molar-refractivity contribution is 6.06. The molecule has 0 saturated carbocycles. The predicted molar refractivity (Wildman–Crippen MR) is 47.6 cm³/mol. The fourth-order valence-electron chi connectivity index (χ4n) is 1.16. The Morgan fingerprint density at radius 1 is 1.43 bits per heavy atom. The molecule has 0 aliphatic carbocycles. The van der Waals surface area contributed by atoms with E-state index in [1.807, 2.05) is 0 Å². The first kappa shape index (κ1) is 8.61. The maximum Gasteiger partial charge on any atom is 0.232 e. The van der Waals surface area contributed by atoms with Crippen LogP contribution >= 0.6 is 0 Å². The van der Waals surface area contributed by atoms with Gasteiger partial charge in [-0.15, -0.1) is 5.10 Å². The summed E-state index contributed by atoms with van der Waals surface area (Å²) in [5.74, 6) is -0.168. The highest BCUT2D eigenvalue weighted by Crippen LogP contribution is 2.04. The molecular weight excluding hydrogens is 182 g/mol. The van der Waals surface area contributed by atoms with E-state index in [-0.39, 0.29) is 5.78 Å². The van der Waals surface area contributed by atoms with Crippen molar-refractivity contribution in [2.75, 3.05) is 0 Å². The maximum absolute atomic E-state index is 11.8. The number of rotatable bonds is 2. The Hall–Kier alpha value is -1.98. The minimum Gasteiger partial charge on any atom is -0.285 e. The van der Waals surface area contributed by atoms with Crippen molar-refractivity contribution < 1.29 is 4.79 Å². The summed E-state index contributed by atoms with van der Waals surface area (Å²) >= 11 is 0. The van der Waals surface area contributed by atoms with Gasteiger partial charge >= 0.3 is 0 Å². The lowest BCUT2D eigenvalue weighted by atomic mass is 10.2. The van der Waals surface area contributed by atoms with Crippen LogP contribution in [0.5, 0.6) is 0 Å². The third kappa shape index (κ3) is 1.30. The van der Waals surface area contributed by atoms with Gasteiger partial charge in [0.2, 0.25) is 5.78 Å². The summed E-state index contributed by atoms with van der Waals surface area (Å²) < 4.78 is 3.01. The smallest absolute Gasteiger partial charge is 0.232 e. The van der Waals surface area contributed by atoms with Gasteiger partial charge in [0.05, 0.1) is 6.20 Å². The zero-order valence-electron chi connectivity index (χ0n) is 7.88. The fourth-order valence-corrected chi connectivity index (χ4v) is 1.16. The summed E-state index contributed by atoms with van der Waals surface area (Å²) in [6.07, 6.45) is 3.15. The first-order valence-electron chi connectivity index (χ1n) is 4.07. The van der Waals surface area contributed by atoms with E-state index in [9.17, 15) is 4.79 Å². The molecule has 14 heavy (non-hydrogen) atoms. The first-order valence-corrected chi connectivity index (χ1v) is 4.07. The molecule has 0 fully saturated rings. The zero-order valence-corrected chi connectivity index (χ0v) is 7.88. The minimum absolute atomic E-state index is 0.168. The first-order chi connectivity index (χ1) is 6.68. The van der Waals surface area contributed by atoms with Crippen LogP contribution in [0.15, 0.2) is 18.5 Å². The van der Waals surface area contributed by atoms with Gasteiger partial charge in [0.15, 0.2) is 0 Å². The Balaban J connectivity index is 2.38. The van der Waals surface area contributed by atoms with E-state index in [0.29, 0.717) is 11.4 Å². The average molecular weight is 191 g/mol. The molecule has 2 rings (SSSR count). The maximum atomic E-state index is 11.8. The lowest BCUT2D eigenvalue weighted by Gasteiger charge is -1.95. The molecule has 0 aliphatic heterocycles. The van der Waals surface area contributed by atoms with Gasteiger partial charge in [0, 0.05) is 20.3 Å². The minimum atomic E-state index is -0.168. The molecule has 0 aliphatic rings. The van der Waals surface area contributed by atoms with Gasteiger partial charge in [-0.2, -0.15) is 5.10 Å². The number of ketones is 1. The molecule has 2 aromatic heterocycles. The molecule has 0 amide bonds. The quantitative estimate of drug-likeness (QED) is 0.615. The number of aromatic nitrogens is 5. The molecule has 0 unspecified atom stereocenters. The molecule has 6 heteroatoms. The van der Waals surface area contributed by atoms with E-state index < -0.39 is 0 Å². The molecule has 0 radical (unpaired) electrons. The lowest BCUT2D eigenvalue weighted by molar-refractivity contribution is 0.102. The SMILES string of the molecule is Cn1ccc(C(=O)c2cnnn2C)n1. The Bertz CT molecular complexity index is 470. The second-order valence-corrected chi connectivity index (χ2v) is 2.95. The Kier molecular flexibility index (Phi) is 1.88. The molecule has 2 heterocycles. The molecule has 2 aromatic rings. The van der Waals surface area contributed by atoms with E-state index in [1.165, 1.54) is 10.9 Å². The summed E-state index contributed by atoms with van der Waals surface area (Å²) in [4.78, 5) is 11.8. The summed E-state index contributed by atoms with van der Waals surface area (Å²) in [7, 11) is 3.43. The van der Waals surface area contributed by atoms with Gasteiger partial charge in [-0.1, -0.05) is 5.21 Å². The number of carbonyl (C=O) groups is 1. The van der Waals surface area contributed by atoms with Crippen LogP contribution in [0.4, 0.5) is 0 Å². The third-order valence-corrected chi connectivity index (χ3v) is 1.89. The van der Waals surface area contributed by atoms with Gasteiger partial charge in [-0.05, 0) is 6.07 Å². The Labute approximate surface area is 80.1 Å². The molecule has 72 valence electrons. The van der Waals surface area contributed by atoms with Gasteiger partial charge < -0.3 is 0 Å². The fraction of sp³-hybridized carbons (Fsp3) is 0.250. The number of hydrogen-bond donors (Lipinski definition) is 0. The summed E-state index contributed by atoms with van der Waals surface area (Å²) in [6, 6.07) is 1.66. The van der Waals surface area contributed by atoms with Crippen LogP contribution in [0.1, 0.15) is 16.2 Å². The van der Waals surface area contributed by atoms with Crippen molar-refractivity contribution in [2.45, 2.75) is 0 Å². The molecule has 0 aromatic carbocycles. The highest BCUT2D eigenvalue weighted by Gasteiger charge is 2.15. The number of carbonyl (C=O) groups excluding carboxylic acids is 1. The molecule has 0 spiro atoms. The van der Waals surface area contributed by atoms with Crippen molar-refractivity contribution in [3.63, 3.8) is 0 Å². The molecule has 6 nitrogen and oxygen atoms in total. The predicted octanol–water partition coefficient (Wildman–Crippen LogP) is -0.220. The molecule has 0 saturated heterocycles. The summed E-state index contributed by atoms with van der Waals surface area (Å²) in [5, 5.41) is 11.3. The number of hydrogen-bond acceptors (Lipinski definition) is 4. The van der Waals surface area contributed by atoms with Crippen molar-refractivity contribution in [1.82, 2.24) is 24.8 Å². The van der Waals surface area contributed by atoms with E-state index >= 15 is 0 Å². The Morgan fingerprint density at radius 2 is 2.21 bits per heavy atom. The Morgan fingerprint density at radius 3 is 2.71 bits per heavy atom. The van der Waals surface area contributed by atoms with Crippen LogP contribution in [0, 0.1) is 0 Å². The van der Waals surface area contributed by atoms with Crippen molar-refractivity contribution in [3.05, 3.63) is 29.8 Å². The van der Waals surface area contributed by atoms with Crippen LogP contribution < -0.4 is 0 Å². The number of aryl methyl sites for hydroxylation is 2. The zero-order chi connectivity index (χ0) is 10.1. The van der Waals surface area contributed by atoms with Crippen LogP contribution in [0.3, 0.4) is 0 Å². The van der Waals surface area contributed by atoms with E-state index in [0.717, 1.165) is 0 Å². The van der Waals surface area contributed by atoms with Crippen molar-refractivity contribution in [2.24, 2.45) is 14.1 Å². The van der Waals surface area contributed by atoms with Crippen LogP contribution in [0.25, 0.3) is 0 Å². The van der Waals surface area contributed by atoms with Crippen LogP contribution in [0.2, 0.25) is 0 Å². The topological polar surface area (TPSA) is 65.6 Å². The lowest BCUT2D eigenvalue weighted by Crippen LogP contribution is -2.09. The van der Waals surface area contributed by atoms with Crippen molar-refractivity contribution >= 4 is 5.78 Å². The van der Waals surface area contributed by atoms with E-state index in [2.05, 4.69) is 15.4 Å². The average Bonchev–Trinajstić information content (AvgIpc) is 2.73. The van der Waals surface area contributed by atoms with Crippen LogP contribution in [-0.2, 0) is 14.1 Å². The highest BCUT2D eigenvalue weighted by atomic mass is 16.1. The summed E-state index contributed by atoms with van der Waals surface area (Å²) in [6.45, 7) is 0. The molecule has 0 bridgehead atoms. The molecule has 0 atom stereocenters. The van der Waals surface area contributed by atoms with Gasteiger partial charge in [-0.25, -0.2) is 4.68 Å². The monoisotopic (exact) mass is 191 g/mol. The second kappa shape index (κ2) is 3.06. The number of nitrogens with zero attached hydrogens (tertiary/aromatic N) is 5. The van der Waals surface area contributed by atoms with Gasteiger partial charge in [0.1, 0.15) is 11.4 Å². The largest absolute Gasteiger partial charge is 0.285 e.